The Balaban J connectivity index is 1.42. The lowest BCUT2D eigenvalue weighted by atomic mass is 10.2. The number of nitriles is 1. The van der Waals surface area contributed by atoms with Gasteiger partial charge in [-0.3, -0.25) is 0 Å². The summed E-state index contributed by atoms with van der Waals surface area (Å²) in [5, 5.41) is 17.9. The maximum absolute atomic E-state index is 13.0. The number of amides is 2. The molecule has 1 fully saturated rings. The predicted octanol–water partition coefficient (Wildman–Crippen LogP) is 4.69. The van der Waals surface area contributed by atoms with Gasteiger partial charge in [-0.15, -0.1) is 0 Å². The van der Waals surface area contributed by atoms with Gasteiger partial charge in [0.05, 0.1) is 28.4 Å². The standard InChI is InChI=1S/C28H30N8O/c1-3-9-24-31-26(25-20(2)33-36(27(25)32-24)23-12-5-4-6-13-23)34-14-8-15-35(17-16-34)28(37)30-22-11-7-10-21(18-22)19-29/h4-7,10-13,18H,3,8-9,14-17H2,1-2H3,(H,30,37). The zero-order valence-electron chi connectivity index (χ0n) is 21.2. The Morgan fingerprint density at radius 3 is 2.68 bits per heavy atom. The number of anilines is 2. The third kappa shape index (κ3) is 5.09. The highest BCUT2D eigenvalue weighted by molar-refractivity contribution is 5.91. The molecule has 1 N–H and O–H groups in total. The molecule has 0 saturated carbocycles. The van der Waals surface area contributed by atoms with Crippen molar-refractivity contribution in [2.45, 2.75) is 33.1 Å². The normalized spacial score (nSPS) is 13.9. The molecule has 0 aliphatic carbocycles. The molecule has 37 heavy (non-hydrogen) atoms. The van der Waals surface area contributed by atoms with E-state index in [9.17, 15) is 4.79 Å². The molecule has 9 nitrogen and oxygen atoms in total. The number of nitrogens with zero attached hydrogens (tertiary/aromatic N) is 7. The molecule has 2 aromatic carbocycles. The van der Waals surface area contributed by atoms with E-state index in [1.54, 1.807) is 24.3 Å². The van der Waals surface area contributed by atoms with Crippen LogP contribution in [0.25, 0.3) is 16.7 Å². The third-order valence-electron chi connectivity index (χ3n) is 6.53. The minimum atomic E-state index is -0.162. The fraction of sp³-hybridized carbons (Fsp3) is 0.321. The highest BCUT2D eigenvalue weighted by Crippen LogP contribution is 2.30. The van der Waals surface area contributed by atoms with Crippen LogP contribution in [0.2, 0.25) is 0 Å². The maximum atomic E-state index is 13.0. The Kier molecular flexibility index (Phi) is 6.99. The van der Waals surface area contributed by atoms with E-state index in [1.165, 1.54) is 0 Å². The molecular formula is C28H30N8O. The molecule has 1 aliphatic heterocycles. The van der Waals surface area contributed by atoms with E-state index in [0.717, 1.165) is 59.9 Å². The van der Waals surface area contributed by atoms with Crippen molar-refractivity contribution in [2.24, 2.45) is 0 Å². The fourth-order valence-corrected chi connectivity index (χ4v) is 4.72. The maximum Gasteiger partial charge on any atom is 0.321 e. The quantitative estimate of drug-likeness (QED) is 0.432. The molecule has 3 heterocycles. The molecule has 5 rings (SSSR count). The van der Waals surface area contributed by atoms with E-state index in [-0.39, 0.29) is 6.03 Å². The number of carbonyl (C=O) groups excluding carboxylic acids is 1. The summed E-state index contributed by atoms with van der Waals surface area (Å²) in [6.07, 6.45) is 2.54. The molecule has 9 heteroatoms. The predicted molar refractivity (Wildman–Crippen MR) is 144 cm³/mol. The number of fused-ring (bicyclic) bond motifs is 1. The number of hydrogen-bond acceptors (Lipinski definition) is 6. The van der Waals surface area contributed by atoms with Crippen molar-refractivity contribution in [3.63, 3.8) is 0 Å². The van der Waals surface area contributed by atoms with Gasteiger partial charge in [0, 0.05) is 38.3 Å². The summed E-state index contributed by atoms with van der Waals surface area (Å²) in [6.45, 7) is 6.76. The molecule has 0 atom stereocenters. The lowest BCUT2D eigenvalue weighted by Gasteiger charge is -2.24. The number of nitrogens with one attached hydrogen (secondary N) is 1. The number of hydrogen-bond donors (Lipinski definition) is 1. The summed E-state index contributed by atoms with van der Waals surface area (Å²) in [5.41, 5.74) is 3.80. The Bertz CT molecular complexity index is 1460. The SMILES string of the molecule is CCCc1nc(N2CCCN(C(=O)Nc3cccc(C#N)c3)CC2)c2c(C)nn(-c3ccccc3)c2n1. The number of aromatic nitrogens is 4. The van der Waals surface area contributed by atoms with Crippen LogP contribution in [0.1, 0.15) is 36.8 Å². The largest absolute Gasteiger partial charge is 0.354 e. The van der Waals surface area contributed by atoms with Gasteiger partial charge >= 0.3 is 6.03 Å². The van der Waals surface area contributed by atoms with Crippen LogP contribution in [0.4, 0.5) is 16.3 Å². The van der Waals surface area contributed by atoms with E-state index in [4.69, 9.17) is 20.3 Å². The molecule has 0 radical (unpaired) electrons. The van der Waals surface area contributed by atoms with Gasteiger partial charge in [0.25, 0.3) is 0 Å². The topological polar surface area (TPSA) is 103 Å². The summed E-state index contributed by atoms with van der Waals surface area (Å²) >= 11 is 0. The molecule has 0 spiro atoms. The smallest absolute Gasteiger partial charge is 0.321 e. The van der Waals surface area contributed by atoms with Gasteiger partial charge in [-0.2, -0.15) is 10.4 Å². The van der Waals surface area contributed by atoms with E-state index < -0.39 is 0 Å². The molecule has 2 aromatic heterocycles. The Labute approximate surface area is 216 Å². The first-order chi connectivity index (χ1) is 18.1. The Morgan fingerprint density at radius 1 is 1.05 bits per heavy atom. The molecule has 0 bridgehead atoms. The number of rotatable bonds is 5. The van der Waals surface area contributed by atoms with Crippen LogP contribution in [0.5, 0.6) is 0 Å². The molecule has 0 unspecified atom stereocenters. The first kappa shape index (κ1) is 24.3. The number of para-hydroxylation sites is 1. The van der Waals surface area contributed by atoms with E-state index >= 15 is 0 Å². The minimum absolute atomic E-state index is 0.162. The van der Waals surface area contributed by atoms with E-state index in [1.807, 2.05) is 46.8 Å². The van der Waals surface area contributed by atoms with Crippen LogP contribution >= 0.6 is 0 Å². The zero-order chi connectivity index (χ0) is 25.8. The molecular weight excluding hydrogens is 464 g/mol. The second-order valence-corrected chi connectivity index (χ2v) is 9.20. The van der Waals surface area contributed by atoms with Crippen LogP contribution < -0.4 is 10.2 Å². The summed E-state index contributed by atoms with van der Waals surface area (Å²) in [7, 11) is 0. The second-order valence-electron chi connectivity index (χ2n) is 9.20. The van der Waals surface area contributed by atoms with Gasteiger partial charge < -0.3 is 15.1 Å². The molecule has 4 aromatic rings. The summed E-state index contributed by atoms with van der Waals surface area (Å²) in [5.74, 6) is 1.69. The van der Waals surface area contributed by atoms with Gasteiger partial charge in [-0.25, -0.2) is 19.4 Å². The van der Waals surface area contributed by atoms with E-state index in [2.05, 4.69) is 23.2 Å². The van der Waals surface area contributed by atoms with Crippen molar-refractivity contribution in [1.29, 1.82) is 5.26 Å². The average Bonchev–Trinajstić information content (AvgIpc) is 3.08. The highest BCUT2D eigenvalue weighted by Gasteiger charge is 2.25. The summed E-state index contributed by atoms with van der Waals surface area (Å²) in [6, 6.07) is 19.0. The molecule has 1 saturated heterocycles. The summed E-state index contributed by atoms with van der Waals surface area (Å²) < 4.78 is 1.90. The number of aryl methyl sites for hydroxylation is 2. The van der Waals surface area contributed by atoms with Crippen molar-refractivity contribution < 1.29 is 4.79 Å². The Hall–Kier alpha value is -4.45. The van der Waals surface area contributed by atoms with Gasteiger partial charge in [-0.1, -0.05) is 31.2 Å². The number of urea groups is 1. The van der Waals surface area contributed by atoms with Crippen molar-refractivity contribution in [3.8, 4) is 11.8 Å². The fourth-order valence-electron chi connectivity index (χ4n) is 4.72. The molecule has 188 valence electrons. The van der Waals surface area contributed by atoms with Crippen molar-refractivity contribution in [3.05, 3.63) is 71.7 Å². The van der Waals surface area contributed by atoms with Gasteiger partial charge in [0.1, 0.15) is 11.6 Å². The van der Waals surface area contributed by atoms with Crippen LogP contribution in [-0.2, 0) is 6.42 Å². The van der Waals surface area contributed by atoms with Gasteiger partial charge in [0.2, 0.25) is 0 Å². The summed E-state index contributed by atoms with van der Waals surface area (Å²) in [4.78, 5) is 27.0. The number of carbonyl (C=O) groups is 1. The van der Waals surface area contributed by atoms with Crippen molar-refractivity contribution >= 4 is 28.6 Å². The number of benzene rings is 2. The zero-order valence-corrected chi connectivity index (χ0v) is 21.2. The lowest BCUT2D eigenvalue weighted by Crippen LogP contribution is -2.38. The average molecular weight is 495 g/mol. The monoisotopic (exact) mass is 494 g/mol. The third-order valence-corrected chi connectivity index (χ3v) is 6.53. The molecule has 1 aliphatic rings. The van der Waals surface area contributed by atoms with Crippen LogP contribution in [0.3, 0.4) is 0 Å². The first-order valence-corrected chi connectivity index (χ1v) is 12.7. The highest BCUT2D eigenvalue weighted by atomic mass is 16.2. The molecule has 2 amide bonds. The first-order valence-electron chi connectivity index (χ1n) is 12.7. The van der Waals surface area contributed by atoms with E-state index in [0.29, 0.717) is 30.9 Å². The van der Waals surface area contributed by atoms with Crippen molar-refractivity contribution in [2.75, 3.05) is 36.4 Å². The van der Waals surface area contributed by atoms with Gasteiger partial charge in [0.15, 0.2) is 5.65 Å². The van der Waals surface area contributed by atoms with Crippen LogP contribution in [-0.4, -0.2) is 56.9 Å². The lowest BCUT2D eigenvalue weighted by molar-refractivity contribution is 0.215. The second kappa shape index (κ2) is 10.7. The Morgan fingerprint density at radius 2 is 1.89 bits per heavy atom. The van der Waals surface area contributed by atoms with Gasteiger partial charge in [-0.05, 0) is 50.1 Å². The van der Waals surface area contributed by atoms with Crippen molar-refractivity contribution in [1.82, 2.24) is 24.6 Å². The minimum Gasteiger partial charge on any atom is -0.354 e. The van der Waals surface area contributed by atoms with Crippen LogP contribution in [0, 0.1) is 18.3 Å². The van der Waals surface area contributed by atoms with Crippen LogP contribution in [0.15, 0.2) is 54.6 Å².